The summed E-state index contributed by atoms with van der Waals surface area (Å²) in [5.41, 5.74) is 8.18. The van der Waals surface area contributed by atoms with E-state index in [-0.39, 0.29) is 5.97 Å². The van der Waals surface area contributed by atoms with Crippen LogP contribution in [0.5, 0.6) is 0 Å². The highest BCUT2D eigenvalue weighted by Crippen LogP contribution is 2.33. The summed E-state index contributed by atoms with van der Waals surface area (Å²) in [5.74, 6) is 1.02. The number of rotatable bonds is 3. The van der Waals surface area contributed by atoms with E-state index < -0.39 is 0 Å². The molecule has 4 heteroatoms. The fourth-order valence-corrected chi connectivity index (χ4v) is 2.75. The Labute approximate surface area is 120 Å². The van der Waals surface area contributed by atoms with Crippen molar-refractivity contribution >= 4 is 17.3 Å². The summed E-state index contributed by atoms with van der Waals surface area (Å²) in [6.07, 6.45) is 1.12. The zero-order valence-corrected chi connectivity index (χ0v) is 12.6. The van der Waals surface area contributed by atoms with Crippen LogP contribution in [0.4, 0.5) is 11.4 Å². The molecule has 0 bridgehead atoms. The molecule has 1 aliphatic heterocycles. The second-order valence-electron chi connectivity index (χ2n) is 5.65. The first kappa shape index (κ1) is 14.7. The van der Waals surface area contributed by atoms with E-state index in [9.17, 15) is 4.79 Å². The number of carbonyl (C=O) groups is 1. The smallest absolute Gasteiger partial charge is 0.340 e. The van der Waals surface area contributed by atoms with E-state index in [0.29, 0.717) is 29.7 Å². The second kappa shape index (κ2) is 6.16. The first-order valence-electron chi connectivity index (χ1n) is 7.35. The average molecular weight is 276 g/mol. The van der Waals surface area contributed by atoms with Crippen molar-refractivity contribution in [1.29, 1.82) is 0 Å². The summed E-state index contributed by atoms with van der Waals surface area (Å²) in [6, 6.07) is 5.45. The number of nitrogens with two attached hydrogens (primary N) is 1. The van der Waals surface area contributed by atoms with Gasteiger partial charge in [-0.3, -0.25) is 0 Å². The minimum Gasteiger partial charge on any atom is -0.462 e. The van der Waals surface area contributed by atoms with Gasteiger partial charge in [-0.25, -0.2) is 4.79 Å². The number of nitrogen functional groups attached to an aromatic ring is 1. The third-order valence-electron chi connectivity index (χ3n) is 4.21. The van der Waals surface area contributed by atoms with Crippen LogP contribution >= 0.6 is 0 Å². The number of hydrogen-bond acceptors (Lipinski definition) is 4. The van der Waals surface area contributed by atoms with E-state index in [0.717, 1.165) is 25.2 Å². The quantitative estimate of drug-likeness (QED) is 0.681. The summed E-state index contributed by atoms with van der Waals surface area (Å²) in [6.45, 7) is 8.59. The molecule has 0 amide bonds. The lowest BCUT2D eigenvalue weighted by atomic mass is 9.88. The van der Waals surface area contributed by atoms with Gasteiger partial charge in [0, 0.05) is 13.1 Å². The molecule has 2 atom stereocenters. The normalized spacial score (nSPS) is 22.6. The van der Waals surface area contributed by atoms with Crippen LogP contribution in [0.15, 0.2) is 18.2 Å². The molecule has 2 N–H and O–H groups in total. The van der Waals surface area contributed by atoms with E-state index in [1.807, 2.05) is 13.0 Å². The van der Waals surface area contributed by atoms with Crippen molar-refractivity contribution < 1.29 is 9.53 Å². The van der Waals surface area contributed by atoms with E-state index in [2.05, 4.69) is 18.7 Å². The molecule has 0 aliphatic carbocycles. The van der Waals surface area contributed by atoms with E-state index >= 15 is 0 Å². The van der Waals surface area contributed by atoms with Gasteiger partial charge in [-0.05, 0) is 37.3 Å². The van der Waals surface area contributed by atoms with Gasteiger partial charge in [0.15, 0.2) is 0 Å². The van der Waals surface area contributed by atoms with E-state index in [1.165, 1.54) is 0 Å². The number of carbonyl (C=O) groups excluding carboxylic acids is 1. The van der Waals surface area contributed by atoms with Crippen LogP contribution in [0.2, 0.25) is 0 Å². The Balaban J connectivity index is 2.33. The summed E-state index contributed by atoms with van der Waals surface area (Å²) in [7, 11) is 0. The predicted molar refractivity (Wildman–Crippen MR) is 82.0 cm³/mol. The Morgan fingerprint density at radius 1 is 1.40 bits per heavy atom. The Kier molecular flexibility index (Phi) is 4.53. The fourth-order valence-electron chi connectivity index (χ4n) is 2.75. The molecular weight excluding hydrogens is 252 g/mol. The van der Waals surface area contributed by atoms with E-state index in [4.69, 9.17) is 10.5 Å². The monoisotopic (exact) mass is 276 g/mol. The largest absolute Gasteiger partial charge is 0.462 e. The number of benzene rings is 1. The summed E-state index contributed by atoms with van der Waals surface area (Å²) in [4.78, 5) is 14.3. The Morgan fingerprint density at radius 2 is 2.15 bits per heavy atom. The van der Waals surface area contributed by atoms with Crippen LogP contribution in [0.3, 0.4) is 0 Å². The summed E-state index contributed by atoms with van der Waals surface area (Å²) in [5, 5.41) is 0. The van der Waals surface area contributed by atoms with Gasteiger partial charge in [-0.2, -0.15) is 0 Å². The third kappa shape index (κ3) is 2.89. The molecule has 110 valence electrons. The molecule has 0 aromatic heterocycles. The molecule has 4 nitrogen and oxygen atoms in total. The van der Waals surface area contributed by atoms with Crippen molar-refractivity contribution in [1.82, 2.24) is 0 Å². The molecule has 2 unspecified atom stereocenters. The molecule has 1 heterocycles. The van der Waals surface area contributed by atoms with Gasteiger partial charge in [0.1, 0.15) is 0 Å². The maximum Gasteiger partial charge on any atom is 0.340 e. The third-order valence-corrected chi connectivity index (χ3v) is 4.21. The number of hydrogen-bond donors (Lipinski definition) is 1. The Morgan fingerprint density at radius 3 is 2.80 bits per heavy atom. The number of piperidine rings is 1. The molecular formula is C16H24N2O2. The number of anilines is 2. The molecule has 1 aromatic rings. The lowest BCUT2D eigenvalue weighted by molar-refractivity contribution is 0.0527. The van der Waals surface area contributed by atoms with Crippen LogP contribution in [0.25, 0.3) is 0 Å². The van der Waals surface area contributed by atoms with Gasteiger partial charge in [-0.1, -0.05) is 19.9 Å². The number of esters is 1. The van der Waals surface area contributed by atoms with Gasteiger partial charge >= 0.3 is 5.97 Å². The maximum absolute atomic E-state index is 12.1. The lowest BCUT2D eigenvalue weighted by Crippen LogP contribution is -2.39. The molecule has 1 aromatic carbocycles. The lowest BCUT2D eigenvalue weighted by Gasteiger charge is -2.38. The predicted octanol–water partition coefficient (Wildman–Crippen LogP) is 2.93. The topological polar surface area (TPSA) is 55.6 Å². The standard InChI is InChI=1S/C16H24N2O2/c1-4-20-16(19)13-6-5-7-14(17)15(13)18-9-8-11(2)12(3)10-18/h5-7,11-12H,4,8-10,17H2,1-3H3. The van der Waals surface area contributed by atoms with Crippen LogP contribution in [0.1, 0.15) is 37.6 Å². The average Bonchev–Trinajstić information content (AvgIpc) is 2.42. The summed E-state index contributed by atoms with van der Waals surface area (Å²) < 4.78 is 5.14. The molecule has 20 heavy (non-hydrogen) atoms. The molecule has 0 radical (unpaired) electrons. The van der Waals surface area contributed by atoms with Crippen molar-refractivity contribution in [2.45, 2.75) is 27.2 Å². The fraction of sp³-hybridized carbons (Fsp3) is 0.562. The van der Waals surface area contributed by atoms with Gasteiger partial charge in [0.25, 0.3) is 0 Å². The van der Waals surface area contributed by atoms with Crippen LogP contribution < -0.4 is 10.6 Å². The van der Waals surface area contributed by atoms with Gasteiger partial charge in [0.2, 0.25) is 0 Å². The van der Waals surface area contributed by atoms with Crippen molar-refractivity contribution in [3.8, 4) is 0 Å². The molecule has 0 spiro atoms. The highest BCUT2D eigenvalue weighted by Gasteiger charge is 2.27. The van der Waals surface area contributed by atoms with Gasteiger partial charge < -0.3 is 15.4 Å². The van der Waals surface area contributed by atoms with E-state index in [1.54, 1.807) is 12.1 Å². The Bertz CT molecular complexity index is 487. The van der Waals surface area contributed by atoms with Crippen molar-refractivity contribution in [2.75, 3.05) is 30.3 Å². The van der Waals surface area contributed by atoms with Crippen molar-refractivity contribution in [2.24, 2.45) is 11.8 Å². The first-order valence-corrected chi connectivity index (χ1v) is 7.35. The van der Waals surface area contributed by atoms with Crippen molar-refractivity contribution in [3.63, 3.8) is 0 Å². The number of nitrogens with zero attached hydrogens (tertiary/aromatic N) is 1. The Hall–Kier alpha value is -1.71. The van der Waals surface area contributed by atoms with Crippen molar-refractivity contribution in [3.05, 3.63) is 23.8 Å². The molecule has 1 fully saturated rings. The minimum absolute atomic E-state index is 0.291. The highest BCUT2D eigenvalue weighted by molar-refractivity contribution is 5.99. The summed E-state index contributed by atoms with van der Waals surface area (Å²) >= 11 is 0. The molecule has 1 aliphatic rings. The highest BCUT2D eigenvalue weighted by atomic mass is 16.5. The maximum atomic E-state index is 12.1. The number of ether oxygens (including phenoxy) is 1. The van der Waals surface area contributed by atoms with Gasteiger partial charge in [-0.15, -0.1) is 0 Å². The van der Waals surface area contributed by atoms with Crippen LogP contribution in [-0.4, -0.2) is 25.7 Å². The van der Waals surface area contributed by atoms with Crippen LogP contribution in [-0.2, 0) is 4.74 Å². The SMILES string of the molecule is CCOC(=O)c1cccc(N)c1N1CCC(C)C(C)C1. The zero-order valence-electron chi connectivity index (χ0n) is 12.6. The van der Waals surface area contributed by atoms with Crippen LogP contribution in [0, 0.1) is 11.8 Å². The molecule has 2 rings (SSSR count). The minimum atomic E-state index is -0.291. The molecule has 1 saturated heterocycles. The first-order chi connectivity index (χ1) is 9.54. The zero-order chi connectivity index (χ0) is 14.7. The molecule has 0 saturated carbocycles. The van der Waals surface area contributed by atoms with Gasteiger partial charge in [0.05, 0.1) is 23.5 Å². The number of para-hydroxylation sites is 1. The second-order valence-corrected chi connectivity index (χ2v) is 5.65.